The van der Waals surface area contributed by atoms with Crippen LogP contribution in [0.3, 0.4) is 0 Å². The molecule has 0 unspecified atom stereocenters. The van der Waals surface area contributed by atoms with Gasteiger partial charge in [-0.2, -0.15) is 0 Å². The number of sulfonamides is 1. The molecule has 0 aromatic heterocycles. The highest BCUT2D eigenvalue weighted by Crippen LogP contribution is 2.35. The van der Waals surface area contributed by atoms with Gasteiger partial charge in [0, 0.05) is 22.3 Å². The SMILES string of the molecule is CS(=O)(=O)Nc1cccc(C(=O)Nc2ccc3c4c(cccc24)CC3)c1. The summed E-state index contributed by atoms with van der Waals surface area (Å²) in [5.41, 5.74) is 4.14. The summed E-state index contributed by atoms with van der Waals surface area (Å²) >= 11 is 0. The molecule has 2 N–H and O–H groups in total. The summed E-state index contributed by atoms with van der Waals surface area (Å²) in [6.45, 7) is 0. The fourth-order valence-corrected chi connectivity index (χ4v) is 4.04. The van der Waals surface area contributed by atoms with E-state index in [1.807, 2.05) is 18.2 Å². The van der Waals surface area contributed by atoms with Crippen LogP contribution in [-0.4, -0.2) is 20.6 Å². The lowest BCUT2D eigenvalue weighted by Crippen LogP contribution is -2.14. The second-order valence-corrected chi connectivity index (χ2v) is 8.27. The van der Waals surface area contributed by atoms with Gasteiger partial charge in [-0.15, -0.1) is 0 Å². The predicted octanol–water partition coefficient (Wildman–Crippen LogP) is 3.56. The number of amides is 1. The molecule has 3 aromatic rings. The molecule has 6 heteroatoms. The van der Waals surface area contributed by atoms with Crippen LogP contribution in [0, 0.1) is 0 Å². The minimum absolute atomic E-state index is 0.277. The minimum atomic E-state index is -3.39. The number of benzene rings is 3. The first-order valence-electron chi connectivity index (χ1n) is 8.33. The number of carbonyl (C=O) groups excluding carboxylic acids is 1. The third-order valence-corrected chi connectivity index (χ3v) is 5.16. The van der Waals surface area contributed by atoms with Gasteiger partial charge >= 0.3 is 0 Å². The number of hydrogen-bond donors (Lipinski definition) is 2. The molecule has 0 radical (unpaired) electrons. The third-order valence-electron chi connectivity index (χ3n) is 4.55. The van der Waals surface area contributed by atoms with Crippen molar-refractivity contribution in [2.24, 2.45) is 0 Å². The maximum absolute atomic E-state index is 12.7. The van der Waals surface area contributed by atoms with Crippen molar-refractivity contribution in [3.05, 3.63) is 71.3 Å². The van der Waals surface area contributed by atoms with Crippen molar-refractivity contribution in [2.75, 3.05) is 16.3 Å². The Morgan fingerprint density at radius 1 is 0.962 bits per heavy atom. The number of anilines is 2. The molecule has 4 rings (SSSR count). The fraction of sp³-hybridized carbons (Fsp3) is 0.150. The van der Waals surface area contributed by atoms with Crippen molar-refractivity contribution in [1.29, 1.82) is 0 Å². The summed E-state index contributed by atoms with van der Waals surface area (Å²) < 4.78 is 25.1. The maximum atomic E-state index is 12.7. The van der Waals surface area contributed by atoms with Crippen LogP contribution in [0.25, 0.3) is 10.8 Å². The van der Waals surface area contributed by atoms with Gasteiger partial charge in [0.2, 0.25) is 10.0 Å². The summed E-state index contributed by atoms with van der Waals surface area (Å²) in [5.74, 6) is -0.277. The molecule has 0 fully saturated rings. The van der Waals surface area contributed by atoms with Crippen molar-refractivity contribution in [3.8, 4) is 0 Å². The molecule has 0 saturated carbocycles. The van der Waals surface area contributed by atoms with Crippen molar-refractivity contribution in [3.63, 3.8) is 0 Å². The second-order valence-electron chi connectivity index (χ2n) is 6.52. The first-order chi connectivity index (χ1) is 12.4. The van der Waals surface area contributed by atoms with Crippen molar-refractivity contribution in [1.82, 2.24) is 0 Å². The molecular weight excluding hydrogens is 348 g/mol. The monoisotopic (exact) mass is 366 g/mol. The third kappa shape index (κ3) is 3.15. The summed E-state index contributed by atoms with van der Waals surface area (Å²) in [4.78, 5) is 12.7. The van der Waals surface area contributed by atoms with Crippen LogP contribution in [0.15, 0.2) is 54.6 Å². The lowest BCUT2D eigenvalue weighted by molar-refractivity contribution is 0.102. The topological polar surface area (TPSA) is 75.3 Å². The first-order valence-corrected chi connectivity index (χ1v) is 10.2. The normalized spacial score (nSPS) is 13.0. The van der Waals surface area contributed by atoms with Gasteiger partial charge in [0.25, 0.3) is 5.91 Å². The molecule has 0 saturated heterocycles. The Morgan fingerprint density at radius 2 is 1.69 bits per heavy atom. The van der Waals surface area contributed by atoms with Crippen LogP contribution < -0.4 is 10.0 Å². The number of hydrogen-bond acceptors (Lipinski definition) is 3. The van der Waals surface area contributed by atoms with Crippen LogP contribution in [-0.2, 0) is 22.9 Å². The fourth-order valence-electron chi connectivity index (χ4n) is 3.49. The van der Waals surface area contributed by atoms with Gasteiger partial charge in [-0.3, -0.25) is 9.52 Å². The smallest absolute Gasteiger partial charge is 0.255 e. The Labute approximate surface area is 152 Å². The highest BCUT2D eigenvalue weighted by Gasteiger charge is 2.17. The maximum Gasteiger partial charge on any atom is 0.255 e. The van der Waals surface area contributed by atoms with Gasteiger partial charge in [-0.25, -0.2) is 8.42 Å². The molecule has 0 atom stereocenters. The standard InChI is InChI=1S/C20H18N2O3S/c1-26(24,25)22-16-6-2-5-15(12-16)20(23)21-18-11-10-14-9-8-13-4-3-7-17(18)19(13)14/h2-7,10-12,22H,8-9H2,1H3,(H,21,23). The van der Waals surface area contributed by atoms with Crippen LogP contribution >= 0.6 is 0 Å². The van der Waals surface area contributed by atoms with Crippen molar-refractivity contribution >= 4 is 38.1 Å². The molecule has 0 bridgehead atoms. The van der Waals surface area contributed by atoms with E-state index in [4.69, 9.17) is 0 Å². The van der Waals surface area contributed by atoms with E-state index < -0.39 is 10.0 Å². The molecule has 1 aliphatic rings. The number of rotatable bonds is 4. The van der Waals surface area contributed by atoms with E-state index >= 15 is 0 Å². The summed E-state index contributed by atoms with van der Waals surface area (Å²) in [7, 11) is -3.39. The van der Waals surface area contributed by atoms with Gasteiger partial charge in [-0.1, -0.05) is 30.3 Å². The second kappa shape index (κ2) is 6.14. The van der Waals surface area contributed by atoms with Gasteiger partial charge in [0.1, 0.15) is 0 Å². The van der Waals surface area contributed by atoms with Gasteiger partial charge in [0.05, 0.1) is 6.26 Å². The Kier molecular flexibility index (Phi) is 3.92. The largest absolute Gasteiger partial charge is 0.321 e. The molecule has 5 nitrogen and oxygen atoms in total. The predicted molar refractivity (Wildman–Crippen MR) is 104 cm³/mol. The van der Waals surface area contributed by atoms with E-state index in [-0.39, 0.29) is 5.91 Å². The highest BCUT2D eigenvalue weighted by molar-refractivity contribution is 7.92. The quantitative estimate of drug-likeness (QED) is 0.741. The van der Waals surface area contributed by atoms with Gasteiger partial charge in [-0.05, 0) is 53.6 Å². The van der Waals surface area contributed by atoms with E-state index in [1.54, 1.807) is 18.2 Å². The summed E-state index contributed by atoms with van der Waals surface area (Å²) in [5, 5.41) is 5.23. The van der Waals surface area contributed by atoms with Crippen molar-refractivity contribution in [2.45, 2.75) is 12.8 Å². The molecule has 132 valence electrons. The van der Waals surface area contributed by atoms with E-state index in [0.717, 1.165) is 30.2 Å². The van der Waals surface area contributed by atoms with Crippen LogP contribution in [0.5, 0.6) is 0 Å². The van der Waals surface area contributed by atoms with E-state index in [0.29, 0.717) is 11.3 Å². The average molecular weight is 366 g/mol. The summed E-state index contributed by atoms with van der Waals surface area (Å²) in [6, 6.07) is 16.6. The molecule has 1 aliphatic carbocycles. The molecule has 0 aliphatic heterocycles. The minimum Gasteiger partial charge on any atom is -0.321 e. The Hall–Kier alpha value is -2.86. The Morgan fingerprint density at radius 3 is 2.46 bits per heavy atom. The molecule has 1 amide bonds. The molecule has 26 heavy (non-hydrogen) atoms. The number of aryl methyl sites for hydroxylation is 2. The van der Waals surface area contributed by atoms with E-state index in [9.17, 15) is 13.2 Å². The zero-order chi connectivity index (χ0) is 18.3. The average Bonchev–Trinajstić information content (AvgIpc) is 3.01. The first kappa shape index (κ1) is 16.6. The number of nitrogens with one attached hydrogen (secondary N) is 2. The molecular formula is C20H18N2O3S. The van der Waals surface area contributed by atoms with E-state index in [2.05, 4.69) is 22.2 Å². The number of carbonyl (C=O) groups is 1. The highest BCUT2D eigenvalue weighted by atomic mass is 32.2. The zero-order valence-electron chi connectivity index (χ0n) is 14.2. The van der Waals surface area contributed by atoms with Crippen LogP contribution in [0.4, 0.5) is 11.4 Å². The van der Waals surface area contributed by atoms with Crippen molar-refractivity contribution < 1.29 is 13.2 Å². The van der Waals surface area contributed by atoms with E-state index in [1.165, 1.54) is 22.6 Å². The Balaban J connectivity index is 1.66. The lowest BCUT2D eigenvalue weighted by Gasteiger charge is -2.11. The lowest BCUT2D eigenvalue weighted by atomic mass is 10.0. The molecule has 3 aromatic carbocycles. The van der Waals surface area contributed by atoms with Crippen LogP contribution in [0.2, 0.25) is 0 Å². The Bertz CT molecular complexity index is 1130. The van der Waals surface area contributed by atoms with Crippen LogP contribution in [0.1, 0.15) is 21.5 Å². The van der Waals surface area contributed by atoms with Gasteiger partial charge < -0.3 is 5.32 Å². The molecule has 0 spiro atoms. The van der Waals surface area contributed by atoms with Gasteiger partial charge in [0.15, 0.2) is 0 Å². The molecule has 0 heterocycles. The summed E-state index contributed by atoms with van der Waals surface area (Å²) in [6.07, 6.45) is 3.14. The zero-order valence-corrected chi connectivity index (χ0v) is 15.1.